The smallest absolute Gasteiger partial charge is 0.00951 e. The van der Waals surface area contributed by atoms with E-state index in [0.29, 0.717) is 0 Å². The Bertz CT molecular complexity index is 157. The molecule has 0 bridgehead atoms. The third kappa shape index (κ3) is 10.4. The molecule has 0 heterocycles. The molecule has 0 saturated heterocycles. The topological polar surface area (TPSA) is 3.24 Å². The summed E-state index contributed by atoms with van der Waals surface area (Å²) < 4.78 is 0. The van der Waals surface area contributed by atoms with E-state index in [0.717, 1.165) is 6.04 Å². The van der Waals surface area contributed by atoms with E-state index < -0.39 is 0 Å². The van der Waals surface area contributed by atoms with E-state index in [1.807, 2.05) is 0 Å². The summed E-state index contributed by atoms with van der Waals surface area (Å²) >= 11 is 0. The second kappa shape index (κ2) is 14.4. The molecule has 116 valence electrons. The lowest BCUT2D eigenvalue weighted by Crippen LogP contribution is -2.37. The molecule has 0 aromatic rings. The van der Waals surface area contributed by atoms with Gasteiger partial charge >= 0.3 is 0 Å². The maximum absolute atomic E-state index is 2.82. The van der Waals surface area contributed by atoms with Gasteiger partial charge in [-0.25, -0.2) is 0 Å². The van der Waals surface area contributed by atoms with Crippen LogP contribution in [0.5, 0.6) is 0 Å². The van der Waals surface area contributed by atoms with Crippen molar-refractivity contribution in [2.75, 3.05) is 13.1 Å². The van der Waals surface area contributed by atoms with E-state index in [4.69, 9.17) is 0 Å². The quantitative estimate of drug-likeness (QED) is 0.348. The van der Waals surface area contributed by atoms with Gasteiger partial charge in [0.25, 0.3) is 0 Å². The fraction of sp³-hybridized carbons (Fsp3) is 1.00. The van der Waals surface area contributed by atoms with Crippen LogP contribution in [0.3, 0.4) is 0 Å². The van der Waals surface area contributed by atoms with Crippen molar-refractivity contribution in [1.82, 2.24) is 4.90 Å². The van der Waals surface area contributed by atoms with Crippen LogP contribution in [-0.2, 0) is 0 Å². The summed E-state index contributed by atoms with van der Waals surface area (Å²) in [5.41, 5.74) is 0. The molecular weight excluding hydrogens is 230 g/mol. The summed E-state index contributed by atoms with van der Waals surface area (Å²) in [7, 11) is 0. The van der Waals surface area contributed by atoms with Crippen LogP contribution in [0.25, 0.3) is 0 Å². The Morgan fingerprint density at radius 1 is 0.579 bits per heavy atom. The molecule has 0 aromatic carbocycles. The van der Waals surface area contributed by atoms with Gasteiger partial charge in [0.2, 0.25) is 0 Å². The molecule has 0 aliphatic rings. The second-order valence-electron chi connectivity index (χ2n) is 6.03. The highest BCUT2D eigenvalue weighted by molar-refractivity contribution is 4.72. The van der Waals surface area contributed by atoms with Gasteiger partial charge in [-0.1, -0.05) is 72.6 Å². The minimum atomic E-state index is 0.860. The van der Waals surface area contributed by atoms with Crippen LogP contribution in [0, 0.1) is 0 Å². The molecule has 0 aliphatic carbocycles. The number of hydrogen-bond acceptors (Lipinski definition) is 1. The molecule has 0 saturated carbocycles. The molecule has 19 heavy (non-hydrogen) atoms. The molecule has 0 N–H and O–H groups in total. The lowest BCUT2D eigenvalue weighted by atomic mass is 10.0. The fourth-order valence-corrected chi connectivity index (χ4v) is 2.89. The van der Waals surface area contributed by atoms with E-state index in [-0.39, 0.29) is 0 Å². The van der Waals surface area contributed by atoms with Crippen molar-refractivity contribution in [3.05, 3.63) is 0 Å². The highest BCUT2D eigenvalue weighted by Gasteiger charge is 2.16. The van der Waals surface area contributed by atoms with Crippen LogP contribution < -0.4 is 0 Å². The average molecular weight is 270 g/mol. The largest absolute Gasteiger partial charge is 0.300 e. The van der Waals surface area contributed by atoms with E-state index in [1.54, 1.807) is 0 Å². The molecule has 0 fully saturated rings. The molecule has 1 unspecified atom stereocenters. The lowest BCUT2D eigenvalue weighted by Gasteiger charge is -2.32. The molecule has 0 rings (SSSR count). The van der Waals surface area contributed by atoms with Crippen molar-refractivity contribution in [2.45, 2.75) is 104 Å². The predicted molar refractivity (Wildman–Crippen MR) is 88.8 cm³/mol. The van der Waals surface area contributed by atoms with Gasteiger partial charge < -0.3 is 4.90 Å². The first-order valence-corrected chi connectivity index (χ1v) is 9.04. The van der Waals surface area contributed by atoms with Crippen LogP contribution in [0.1, 0.15) is 98.3 Å². The van der Waals surface area contributed by atoms with Crippen molar-refractivity contribution >= 4 is 0 Å². The highest BCUT2D eigenvalue weighted by Crippen LogP contribution is 2.17. The molecule has 0 aromatic heterocycles. The summed E-state index contributed by atoms with van der Waals surface area (Å²) in [6.45, 7) is 12.0. The Hall–Kier alpha value is -0.0400. The standard InChI is InChI=1S/C18H39N/c1-5-9-12-16-19(17-13-10-6-2)18(14-8-4)15-11-7-3/h18H,5-17H2,1-4H3. The fourth-order valence-electron chi connectivity index (χ4n) is 2.89. The van der Waals surface area contributed by atoms with Crippen molar-refractivity contribution in [1.29, 1.82) is 0 Å². The predicted octanol–water partition coefficient (Wildman–Crippen LogP) is 6.03. The Balaban J connectivity index is 4.25. The van der Waals surface area contributed by atoms with Gasteiger partial charge in [-0.05, 0) is 38.8 Å². The summed E-state index contributed by atoms with van der Waals surface area (Å²) in [6.07, 6.45) is 15.2. The second-order valence-corrected chi connectivity index (χ2v) is 6.03. The summed E-state index contributed by atoms with van der Waals surface area (Å²) in [6, 6.07) is 0.860. The first-order chi connectivity index (χ1) is 9.29. The van der Waals surface area contributed by atoms with Gasteiger partial charge in [0.05, 0.1) is 0 Å². The zero-order valence-electron chi connectivity index (χ0n) is 14.2. The number of hydrogen-bond donors (Lipinski definition) is 0. The molecular formula is C18H39N. The summed E-state index contributed by atoms with van der Waals surface area (Å²) in [5.74, 6) is 0. The van der Waals surface area contributed by atoms with Crippen molar-refractivity contribution in [2.24, 2.45) is 0 Å². The first kappa shape index (κ1) is 19.0. The molecule has 1 nitrogen and oxygen atoms in total. The average Bonchev–Trinajstić information content (AvgIpc) is 2.42. The zero-order valence-corrected chi connectivity index (χ0v) is 14.2. The molecule has 0 radical (unpaired) electrons. The molecule has 0 aliphatic heterocycles. The minimum absolute atomic E-state index is 0.860. The Morgan fingerprint density at radius 3 is 1.53 bits per heavy atom. The maximum atomic E-state index is 2.82. The van der Waals surface area contributed by atoms with E-state index in [2.05, 4.69) is 32.6 Å². The molecule has 1 atom stereocenters. The third-order valence-corrected chi connectivity index (χ3v) is 4.13. The van der Waals surface area contributed by atoms with E-state index >= 15 is 0 Å². The van der Waals surface area contributed by atoms with Gasteiger partial charge in [0.1, 0.15) is 0 Å². The number of unbranched alkanes of at least 4 members (excludes halogenated alkanes) is 5. The highest BCUT2D eigenvalue weighted by atomic mass is 15.1. The van der Waals surface area contributed by atoms with Crippen LogP contribution >= 0.6 is 0 Å². The third-order valence-electron chi connectivity index (χ3n) is 4.13. The van der Waals surface area contributed by atoms with Gasteiger partial charge in [-0.2, -0.15) is 0 Å². The van der Waals surface area contributed by atoms with Crippen molar-refractivity contribution in [3.8, 4) is 0 Å². The molecule has 0 amide bonds. The van der Waals surface area contributed by atoms with Gasteiger partial charge in [0.15, 0.2) is 0 Å². The van der Waals surface area contributed by atoms with E-state index in [9.17, 15) is 0 Å². The van der Waals surface area contributed by atoms with Crippen molar-refractivity contribution < 1.29 is 0 Å². The summed E-state index contributed by atoms with van der Waals surface area (Å²) in [5, 5.41) is 0. The maximum Gasteiger partial charge on any atom is 0.00951 e. The van der Waals surface area contributed by atoms with Crippen LogP contribution in [0.4, 0.5) is 0 Å². The Morgan fingerprint density at radius 2 is 1.11 bits per heavy atom. The van der Waals surface area contributed by atoms with E-state index in [1.165, 1.54) is 83.7 Å². The zero-order chi connectivity index (χ0) is 14.3. The van der Waals surface area contributed by atoms with Gasteiger partial charge in [-0.3, -0.25) is 0 Å². The van der Waals surface area contributed by atoms with Crippen LogP contribution in [0.15, 0.2) is 0 Å². The number of rotatable bonds is 14. The SMILES string of the molecule is CCCCCN(CCCCC)C(CCC)CCCC. The monoisotopic (exact) mass is 269 g/mol. The molecule has 0 spiro atoms. The summed E-state index contributed by atoms with van der Waals surface area (Å²) in [4.78, 5) is 2.82. The first-order valence-electron chi connectivity index (χ1n) is 9.04. The van der Waals surface area contributed by atoms with Crippen LogP contribution in [0.2, 0.25) is 0 Å². The Kier molecular flexibility index (Phi) is 14.3. The molecule has 1 heteroatoms. The van der Waals surface area contributed by atoms with Gasteiger partial charge in [0, 0.05) is 6.04 Å². The van der Waals surface area contributed by atoms with Gasteiger partial charge in [-0.15, -0.1) is 0 Å². The van der Waals surface area contributed by atoms with Crippen LogP contribution in [-0.4, -0.2) is 24.0 Å². The lowest BCUT2D eigenvalue weighted by molar-refractivity contribution is 0.166. The number of nitrogens with zero attached hydrogens (tertiary/aromatic N) is 1. The minimum Gasteiger partial charge on any atom is -0.300 e. The normalized spacial score (nSPS) is 13.1. The van der Waals surface area contributed by atoms with Crippen molar-refractivity contribution in [3.63, 3.8) is 0 Å². The Labute approximate surface area is 123 Å².